The normalized spacial score (nSPS) is 10.7. The first kappa shape index (κ1) is 13.0. The molecule has 3 aromatic rings. The van der Waals surface area contributed by atoms with E-state index in [0.29, 0.717) is 6.61 Å². The van der Waals surface area contributed by atoms with Crippen LogP contribution in [0, 0.1) is 0 Å². The van der Waals surface area contributed by atoms with Gasteiger partial charge in [-0.3, -0.25) is 4.40 Å². The molecule has 102 valence electrons. The van der Waals surface area contributed by atoms with Crippen LogP contribution in [0.1, 0.15) is 5.82 Å². The Labute approximate surface area is 125 Å². The van der Waals surface area contributed by atoms with E-state index in [1.807, 2.05) is 60.1 Å². The van der Waals surface area contributed by atoms with Gasteiger partial charge in [-0.05, 0) is 40.2 Å². The molecule has 2 heterocycles. The van der Waals surface area contributed by atoms with E-state index in [1.54, 1.807) is 0 Å². The monoisotopic (exact) mass is 331 g/mol. The van der Waals surface area contributed by atoms with Crippen molar-refractivity contribution in [2.75, 3.05) is 12.4 Å². The molecule has 0 amide bonds. The Hall–Kier alpha value is -2.01. The zero-order valence-electron chi connectivity index (χ0n) is 11.0. The van der Waals surface area contributed by atoms with Gasteiger partial charge in [-0.2, -0.15) is 0 Å². The summed E-state index contributed by atoms with van der Waals surface area (Å²) >= 11 is 3.49. The van der Waals surface area contributed by atoms with Crippen LogP contribution in [0.5, 0.6) is 5.75 Å². The number of benzene rings is 1. The maximum Gasteiger partial charge on any atom is 0.152 e. The lowest BCUT2D eigenvalue weighted by Gasteiger charge is -2.06. The standard InChI is InChI=1S/C15H14BrN3O/c1-17-11-7-8-19-13(9-11)15(16)18-14(19)10-20-12-5-3-2-4-6-12/h2-9,17H,10H2,1H3. The van der Waals surface area contributed by atoms with Gasteiger partial charge in [0.2, 0.25) is 0 Å². The lowest BCUT2D eigenvalue weighted by atomic mass is 10.3. The molecule has 1 N–H and O–H groups in total. The van der Waals surface area contributed by atoms with E-state index in [9.17, 15) is 0 Å². The largest absolute Gasteiger partial charge is 0.486 e. The Kier molecular flexibility index (Phi) is 3.60. The fourth-order valence-corrected chi connectivity index (χ4v) is 2.54. The van der Waals surface area contributed by atoms with Crippen LogP contribution in [0.15, 0.2) is 53.3 Å². The number of anilines is 1. The summed E-state index contributed by atoms with van der Waals surface area (Å²) in [6.45, 7) is 0.426. The molecule has 0 aliphatic carbocycles. The molecule has 3 rings (SSSR count). The van der Waals surface area contributed by atoms with Crippen molar-refractivity contribution in [1.29, 1.82) is 0 Å². The fraction of sp³-hybridized carbons (Fsp3) is 0.133. The van der Waals surface area contributed by atoms with Gasteiger partial charge in [0.25, 0.3) is 0 Å². The van der Waals surface area contributed by atoms with Crippen molar-refractivity contribution in [3.63, 3.8) is 0 Å². The summed E-state index contributed by atoms with van der Waals surface area (Å²) in [5, 5.41) is 3.12. The molecule has 0 atom stereocenters. The average Bonchev–Trinajstić information content (AvgIpc) is 2.82. The lowest BCUT2D eigenvalue weighted by Crippen LogP contribution is -2.01. The molecule has 5 heteroatoms. The highest BCUT2D eigenvalue weighted by Crippen LogP contribution is 2.23. The maximum atomic E-state index is 5.75. The summed E-state index contributed by atoms with van der Waals surface area (Å²) < 4.78 is 8.59. The van der Waals surface area contributed by atoms with Gasteiger partial charge in [-0.15, -0.1) is 0 Å². The van der Waals surface area contributed by atoms with Gasteiger partial charge in [0.15, 0.2) is 5.82 Å². The molecule has 0 spiro atoms. The number of hydrogen-bond donors (Lipinski definition) is 1. The quantitative estimate of drug-likeness (QED) is 0.791. The van der Waals surface area contributed by atoms with Crippen molar-refractivity contribution in [1.82, 2.24) is 9.38 Å². The predicted molar refractivity (Wildman–Crippen MR) is 83.2 cm³/mol. The van der Waals surface area contributed by atoms with Crippen LogP contribution in [0.4, 0.5) is 5.69 Å². The number of pyridine rings is 1. The van der Waals surface area contributed by atoms with E-state index >= 15 is 0 Å². The molecule has 0 unspecified atom stereocenters. The van der Waals surface area contributed by atoms with Crippen molar-refractivity contribution >= 4 is 27.1 Å². The van der Waals surface area contributed by atoms with Crippen molar-refractivity contribution in [3.8, 4) is 5.75 Å². The molecular formula is C15H14BrN3O. The van der Waals surface area contributed by atoms with E-state index < -0.39 is 0 Å². The number of ether oxygens (including phenoxy) is 1. The van der Waals surface area contributed by atoms with Gasteiger partial charge < -0.3 is 10.1 Å². The summed E-state index contributed by atoms with van der Waals surface area (Å²) in [6, 6.07) is 13.8. The highest BCUT2D eigenvalue weighted by Gasteiger charge is 2.10. The Bertz CT molecular complexity index is 725. The molecular weight excluding hydrogens is 318 g/mol. The lowest BCUT2D eigenvalue weighted by molar-refractivity contribution is 0.295. The minimum absolute atomic E-state index is 0.426. The van der Waals surface area contributed by atoms with Crippen LogP contribution >= 0.6 is 15.9 Å². The Morgan fingerprint density at radius 3 is 2.80 bits per heavy atom. The third kappa shape index (κ3) is 2.49. The first-order chi connectivity index (χ1) is 9.78. The van der Waals surface area contributed by atoms with Crippen LogP contribution in [0.25, 0.3) is 5.52 Å². The summed E-state index contributed by atoms with van der Waals surface area (Å²) in [4.78, 5) is 4.51. The molecule has 0 saturated heterocycles. The highest BCUT2D eigenvalue weighted by molar-refractivity contribution is 9.10. The smallest absolute Gasteiger partial charge is 0.152 e. The van der Waals surface area contributed by atoms with E-state index in [0.717, 1.165) is 27.4 Å². The number of halogens is 1. The Balaban J connectivity index is 1.88. The van der Waals surface area contributed by atoms with Gasteiger partial charge >= 0.3 is 0 Å². The first-order valence-corrected chi connectivity index (χ1v) is 7.09. The van der Waals surface area contributed by atoms with E-state index in [2.05, 4.69) is 26.2 Å². The van der Waals surface area contributed by atoms with Crippen LogP contribution in [0.3, 0.4) is 0 Å². The molecule has 1 aromatic carbocycles. The molecule has 0 aliphatic rings. The second kappa shape index (κ2) is 5.54. The summed E-state index contributed by atoms with van der Waals surface area (Å²) in [7, 11) is 1.90. The van der Waals surface area contributed by atoms with Gasteiger partial charge in [-0.1, -0.05) is 18.2 Å². The van der Waals surface area contributed by atoms with Crippen LogP contribution < -0.4 is 10.1 Å². The minimum Gasteiger partial charge on any atom is -0.486 e. The Morgan fingerprint density at radius 2 is 2.05 bits per heavy atom. The van der Waals surface area contributed by atoms with Gasteiger partial charge in [-0.25, -0.2) is 4.98 Å². The fourth-order valence-electron chi connectivity index (χ4n) is 2.03. The van der Waals surface area contributed by atoms with E-state index in [1.165, 1.54) is 0 Å². The second-order valence-corrected chi connectivity index (χ2v) is 5.09. The average molecular weight is 332 g/mol. The van der Waals surface area contributed by atoms with E-state index in [4.69, 9.17) is 4.74 Å². The number of fused-ring (bicyclic) bond motifs is 1. The molecule has 4 nitrogen and oxygen atoms in total. The van der Waals surface area contributed by atoms with Gasteiger partial charge in [0.05, 0.1) is 5.52 Å². The van der Waals surface area contributed by atoms with Gasteiger partial charge in [0, 0.05) is 18.9 Å². The molecule has 0 radical (unpaired) electrons. The highest BCUT2D eigenvalue weighted by atomic mass is 79.9. The third-order valence-corrected chi connectivity index (χ3v) is 3.65. The SMILES string of the molecule is CNc1ccn2c(COc3ccccc3)nc(Br)c2c1. The van der Waals surface area contributed by atoms with Crippen LogP contribution in [-0.2, 0) is 6.61 Å². The third-order valence-electron chi connectivity index (χ3n) is 3.07. The molecule has 0 fully saturated rings. The number of imidazole rings is 1. The minimum atomic E-state index is 0.426. The van der Waals surface area contributed by atoms with Crippen molar-refractivity contribution in [2.45, 2.75) is 6.61 Å². The van der Waals surface area contributed by atoms with E-state index in [-0.39, 0.29) is 0 Å². The number of nitrogens with zero attached hydrogens (tertiary/aromatic N) is 2. The Morgan fingerprint density at radius 1 is 1.25 bits per heavy atom. The van der Waals surface area contributed by atoms with Crippen LogP contribution in [0.2, 0.25) is 0 Å². The van der Waals surface area contributed by atoms with Crippen LogP contribution in [-0.4, -0.2) is 16.4 Å². The summed E-state index contributed by atoms with van der Waals surface area (Å²) in [5.74, 6) is 1.70. The second-order valence-electron chi connectivity index (χ2n) is 4.34. The number of nitrogens with one attached hydrogen (secondary N) is 1. The summed E-state index contributed by atoms with van der Waals surface area (Å²) in [5.41, 5.74) is 2.07. The zero-order valence-corrected chi connectivity index (χ0v) is 12.6. The van der Waals surface area contributed by atoms with Gasteiger partial charge in [0.1, 0.15) is 17.0 Å². The number of hydrogen-bond acceptors (Lipinski definition) is 3. The molecule has 0 saturated carbocycles. The molecule has 0 bridgehead atoms. The maximum absolute atomic E-state index is 5.75. The molecule has 0 aliphatic heterocycles. The topological polar surface area (TPSA) is 38.6 Å². The predicted octanol–water partition coefficient (Wildman–Crippen LogP) is 3.72. The van der Waals surface area contributed by atoms with Crippen molar-refractivity contribution in [2.24, 2.45) is 0 Å². The van der Waals surface area contributed by atoms with Crippen molar-refractivity contribution in [3.05, 3.63) is 59.1 Å². The number of aromatic nitrogens is 2. The molecule has 20 heavy (non-hydrogen) atoms. The zero-order chi connectivity index (χ0) is 13.9. The summed E-state index contributed by atoms with van der Waals surface area (Å²) in [6.07, 6.45) is 1.99. The van der Waals surface area contributed by atoms with Crippen molar-refractivity contribution < 1.29 is 4.74 Å². The molecule has 2 aromatic heterocycles. The number of rotatable bonds is 4. The number of para-hydroxylation sites is 1. The first-order valence-electron chi connectivity index (χ1n) is 6.30.